The van der Waals surface area contributed by atoms with Crippen LogP contribution in [0.5, 0.6) is 11.5 Å². The van der Waals surface area contributed by atoms with Gasteiger partial charge in [-0.3, -0.25) is 4.79 Å². The number of carbonyl (C=O) groups is 1. The Kier molecular flexibility index (Phi) is 6.82. The normalized spacial score (nSPS) is 10.2. The molecule has 0 fully saturated rings. The fraction of sp³-hybridized carbons (Fsp3) is 0.353. The highest BCUT2D eigenvalue weighted by Crippen LogP contribution is 2.36. The van der Waals surface area contributed by atoms with Crippen LogP contribution in [0.1, 0.15) is 30.1 Å². The van der Waals surface area contributed by atoms with Gasteiger partial charge in [-0.05, 0) is 6.42 Å². The molecule has 0 aliphatic rings. The first-order chi connectivity index (χ1) is 12.1. The maximum absolute atomic E-state index is 11.9. The van der Waals surface area contributed by atoms with Crippen LogP contribution in [0.15, 0.2) is 24.5 Å². The average molecular weight is 365 g/mol. The average Bonchev–Trinajstić information content (AvgIpc) is 2.63. The molecule has 1 heterocycles. The van der Waals surface area contributed by atoms with Gasteiger partial charge in [-0.2, -0.15) is 0 Å². The summed E-state index contributed by atoms with van der Waals surface area (Å²) in [7, 11) is 3.06. The molecule has 7 nitrogen and oxygen atoms in total. The Balaban J connectivity index is 2.12. The number of nitrogens with zero attached hydrogens (tertiary/aromatic N) is 2. The minimum atomic E-state index is -0.189. The number of hydrogen-bond donors (Lipinski definition) is 2. The van der Waals surface area contributed by atoms with Crippen molar-refractivity contribution in [3.63, 3.8) is 0 Å². The van der Waals surface area contributed by atoms with E-state index in [0.29, 0.717) is 40.3 Å². The van der Waals surface area contributed by atoms with E-state index < -0.39 is 0 Å². The lowest BCUT2D eigenvalue weighted by Crippen LogP contribution is -2.24. The molecule has 1 amide bonds. The summed E-state index contributed by atoms with van der Waals surface area (Å²) in [6.07, 6.45) is 4.89. The van der Waals surface area contributed by atoms with E-state index in [1.807, 2.05) is 0 Å². The molecule has 0 saturated heterocycles. The van der Waals surface area contributed by atoms with Gasteiger partial charge >= 0.3 is 0 Å². The Morgan fingerprint density at radius 3 is 2.44 bits per heavy atom. The van der Waals surface area contributed by atoms with Crippen molar-refractivity contribution in [2.45, 2.75) is 19.8 Å². The van der Waals surface area contributed by atoms with Gasteiger partial charge in [0.15, 0.2) is 0 Å². The van der Waals surface area contributed by atoms with Crippen LogP contribution in [0.3, 0.4) is 0 Å². The van der Waals surface area contributed by atoms with Crippen LogP contribution in [0, 0.1) is 0 Å². The van der Waals surface area contributed by atoms with Crippen molar-refractivity contribution in [1.82, 2.24) is 15.3 Å². The highest BCUT2D eigenvalue weighted by Gasteiger charge is 2.12. The van der Waals surface area contributed by atoms with E-state index in [9.17, 15) is 4.79 Å². The number of rotatable bonds is 8. The summed E-state index contributed by atoms with van der Waals surface area (Å²) in [5.74, 6) is 1.16. The summed E-state index contributed by atoms with van der Waals surface area (Å²) < 4.78 is 10.5. The Morgan fingerprint density at radius 1 is 1.16 bits per heavy atom. The second-order valence-electron chi connectivity index (χ2n) is 5.22. The maximum atomic E-state index is 11.9. The number of aromatic nitrogens is 2. The Bertz CT molecular complexity index is 723. The lowest BCUT2D eigenvalue weighted by molar-refractivity contribution is 0.0952. The standard InChI is InChI=1S/C17H21ClN4O3/c1-4-5-6-19-16(23)11-9-20-17(21-10-11)22-13-8-14(24-2)12(18)7-15(13)25-3/h7-10H,4-6H2,1-3H3,(H,19,23)(H,20,21,22). The van der Waals surface area contributed by atoms with Crippen molar-refractivity contribution < 1.29 is 14.3 Å². The molecule has 1 aromatic carbocycles. The van der Waals surface area contributed by atoms with Gasteiger partial charge in [0.1, 0.15) is 11.5 Å². The largest absolute Gasteiger partial charge is 0.495 e. The van der Waals surface area contributed by atoms with E-state index in [1.165, 1.54) is 26.6 Å². The summed E-state index contributed by atoms with van der Waals surface area (Å²) >= 11 is 6.08. The fourth-order valence-electron chi connectivity index (χ4n) is 2.07. The van der Waals surface area contributed by atoms with Crippen LogP contribution in [0.2, 0.25) is 5.02 Å². The van der Waals surface area contributed by atoms with Gasteiger partial charge in [0, 0.05) is 31.1 Å². The summed E-state index contributed by atoms with van der Waals surface area (Å²) in [4.78, 5) is 20.3. The summed E-state index contributed by atoms with van der Waals surface area (Å²) in [6, 6.07) is 3.33. The molecular formula is C17H21ClN4O3. The van der Waals surface area contributed by atoms with Crippen LogP contribution in [-0.2, 0) is 0 Å². The van der Waals surface area contributed by atoms with Crippen LogP contribution in [-0.4, -0.2) is 36.6 Å². The third kappa shape index (κ3) is 4.96. The molecule has 134 valence electrons. The van der Waals surface area contributed by atoms with E-state index in [4.69, 9.17) is 21.1 Å². The van der Waals surface area contributed by atoms with Gasteiger partial charge in [-0.25, -0.2) is 9.97 Å². The number of amides is 1. The van der Waals surface area contributed by atoms with E-state index >= 15 is 0 Å². The summed E-state index contributed by atoms with van der Waals surface area (Å²) in [5.41, 5.74) is 1.01. The van der Waals surface area contributed by atoms with Gasteiger partial charge in [0.25, 0.3) is 5.91 Å². The predicted octanol–water partition coefficient (Wildman–Crippen LogP) is 3.42. The Morgan fingerprint density at radius 2 is 1.84 bits per heavy atom. The topological polar surface area (TPSA) is 85.4 Å². The highest BCUT2D eigenvalue weighted by atomic mass is 35.5. The van der Waals surface area contributed by atoms with Crippen molar-refractivity contribution in [2.24, 2.45) is 0 Å². The van der Waals surface area contributed by atoms with E-state index in [0.717, 1.165) is 12.8 Å². The zero-order valence-corrected chi connectivity index (χ0v) is 15.2. The van der Waals surface area contributed by atoms with Crippen molar-refractivity contribution >= 4 is 29.1 Å². The van der Waals surface area contributed by atoms with E-state index in [2.05, 4.69) is 27.5 Å². The first-order valence-corrected chi connectivity index (χ1v) is 8.25. The molecule has 0 aliphatic carbocycles. The number of anilines is 2. The van der Waals surface area contributed by atoms with Crippen molar-refractivity contribution in [3.8, 4) is 11.5 Å². The minimum absolute atomic E-state index is 0.189. The number of nitrogens with one attached hydrogen (secondary N) is 2. The summed E-state index contributed by atoms with van der Waals surface area (Å²) in [6.45, 7) is 2.70. The van der Waals surface area contributed by atoms with Gasteiger partial charge in [-0.1, -0.05) is 24.9 Å². The van der Waals surface area contributed by atoms with Gasteiger partial charge in [0.2, 0.25) is 5.95 Å². The fourth-order valence-corrected chi connectivity index (χ4v) is 2.30. The van der Waals surface area contributed by atoms with Crippen molar-refractivity contribution in [2.75, 3.05) is 26.1 Å². The van der Waals surface area contributed by atoms with Crippen LogP contribution in [0.4, 0.5) is 11.6 Å². The molecule has 2 rings (SSSR count). The predicted molar refractivity (Wildman–Crippen MR) is 97.1 cm³/mol. The Hall–Kier alpha value is -2.54. The molecule has 0 radical (unpaired) electrons. The highest BCUT2D eigenvalue weighted by molar-refractivity contribution is 6.32. The number of carbonyl (C=O) groups excluding carboxylic acids is 1. The molecule has 0 unspecified atom stereocenters. The van der Waals surface area contributed by atoms with Crippen molar-refractivity contribution in [1.29, 1.82) is 0 Å². The lowest BCUT2D eigenvalue weighted by atomic mass is 10.2. The van der Waals surface area contributed by atoms with Crippen LogP contribution >= 0.6 is 11.6 Å². The number of halogens is 1. The number of benzene rings is 1. The molecular weight excluding hydrogens is 344 g/mol. The first-order valence-electron chi connectivity index (χ1n) is 7.87. The second-order valence-corrected chi connectivity index (χ2v) is 5.62. The monoisotopic (exact) mass is 364 g/mol. The van der Waals surface area contributed by atoms with Crippen LogP contribution in [0.25, 0.3) is 0 Å². The molecule has 0 spiro atoms. The molecule has 2 N–H and O–H groups in total. The van der Waals surface area contributed by atoms with Crippen LogP contribution < -0.4 is 20.1 Å². The Labute approximate surface area is 151 Å². The molecule has 1 aromatic heterocycles. The number of ether oxygens (including phenoxy) is 2. The second kappa shape index (κ2) is 9.08. The third-order valence-electron chi connectivity index (χ3n) is 3.45. The van der Waals surface area contributed by atoms with Gasteiger partial charge < -0.3 is 20.1 Å². The molecule has 0 atom stereocenters. The molecule has 0 aliphatic heterocycles. The van der Waals surface area contributed by atoms with E-state index in [-0.39, 0.29) is 5.91 Å². The number of hydrogen-bond acceptors (Lipinski definition) is 6. The molecule has 0 bridgehead atoms. The first kappa shape index (κ1) is 18.8. The quantitative estimate of drug-likeness (QED) is 0.698. The number of methoxy groups -OCH3 is 2. The SMILES string of the molecule is CCCCNC(=O)c1cnc(Nc2cc(OC)c(Cl)cc2OC)nc1. The van der Waals surface area contributed by atoms with Gasteiger partial charge in [-0.15, -0.1) is 0 Å². The lowest BCUT2D eigenvalue weighted by Gasteiger charge is -2.13. The van der Waals surface area contributed by atoms with Crippen molar-refractivity contribution in [3.05, 3.63) is 35.1 Å². The third-order valence-corrected chi connectivity index (χ3v) is 3.75. The zero-order valence-electron chi connectivity index (χ0n) is 14.4. The molecule has 0 saturated carbocycles. The maximum Gasteiger partial charge on any atom is 0.254 e. The molecule has 2 aromatic rings. The zero-order chi connectivity index (χ0) is 18.2. The van der Waals surface area contributed by atoms with Gasteiger partial charge in [0.05, 0.1) is 30.5 Å². The smallest absolute Gasteiger partial charge is 0.254 e. The molecule has 25 heavy (non-hydrogen) atoms. The summed E-state index contributed by atoms with van der Waals surface area (Å²) in [5, 5.41) is 6.28. The molecule has 8 heteroatoms. The minimum Gasteiger partial charge on any atom is -0.495 e. The van der Waals surface area contributed by atoms with E-state index in [1.54, 1.807) is 12.1 Å². The number of unbranched alkanes of at least 4 members (excludes halogenated alkanes) is 1.